The summed E-state index contributed by atoms with van der Waals surface area (Å²) in [6, 6.07) is 6.72. The SMILES string of the molecule is CC(c1ccc(Cl)s1)n1c(CCl)nc2cc(F)c(Cl)cc21. The van der Waals surface area contributed by atoms with Crippen LogP contribution in [0.3, 0.4) is 0 Å². The van der Waals surface area contributed by atoms with E-state index in [2.05, 4.69) is 4.98 Å². The lowest BCUT2D eigenvalue weighted by Gasteiger charge is -2.15. The van der Waals surface area contributed by atoms with Crippen LogP contribution < -0.4 is 0 Å². The van der Waals surface area contributed by atoms with Crippen molar-refractivity contribution < 1.29 is 4.39 Å². The van der Waals surface area contributed by atoms with Crippen molar-refractivity contribution in [3.05, 3.63) is 50.1 Å². The molecule has 0 fully saturated rings. The maximum atomic E-state index is 13.6. The second kappa shape index (κ2) is 5.76. The monoisotopic (exact) mass is 362 g/mol. The van der Waals surface area contributed by atoms with Crippen molar-refractivity contribution in [2.24, 2.45) is 0 Å². The van der Waals surface area contributed by atoms with Crippen molar-refractivity contribution in [3.63, 3.8) is 0 Å². The molecule has 0 aliphatic rings. The largest absolute Gasteiger partial charge is 0.319 e. The van der Waals surface area contributed by atoms with Gasteiger partial charge in [-0.05, 0) is 25.1 Å². The van der Waals surface area contributed by atoms with Crippen molar-refractivity contribution >= 4 is 57.2 Å². The normalized spacial score (nSPS) is 13.0. The van der Waals surface area contributed by atoms with Crippen LogP contribution >= 0.6 is 46.1 Å². The summed E-state index contributed by atoms with van der Waals surface area (Å²) in [5, 5.41) is 0.0705. The van der Waals surface area contributed by atoms with Crippen molar-refractivity contribution in [1.29, 1.82) is 0 Å². The van der Waals surface area contributed by atoms with Crippen LogP contribution in [0.4, 0.5) is 4.39 Å². The smallest absolute Gasteiger partial charge is 0.144 e. The van der Waals surface area contributed by atoms with E-state index in [1.807, 2.05) is 23.6 Å². The Hall–Kier alpha value is -0.810. The molecule has 1 atom stereocenters. The zero-order valence-electron chi connectivity index (χ0n) is 10.9. The first-order valence-corrected chi connectivity index (χ1v) is 8.29. The van der Waals surface area contributed by atoms with Crippen LogP contribution in [0.1, 0.15) is 23.7 Å². The predicted molar refractivity (Wildman–Crippen MR) is 87.4 cm³/mol. The van der Waals surface area contributed by atoms with Crippen LogP contribution in [0.25, 0.3) is 11.0 Å². The lowest BCUT2D eigenvalue weighted by Crippen LogP contribution is -2.08. The minimum absolute atomic E-state index is 0.0113. The Morgan fingerprint density at radius 1 is 1.33 bits per heavy atom. The van der Waals surface area contributed by atoms with Gasteiger partial charge in [-0.2, -0.15) is 0 Å². The van der Waals surface area contributed by atoms with Crippen molar-refractivity contribution in [2.45, 2.75) is 18.8 Å². The summed E-state index contributed by atoms with van der Waals surface area (Å²) >= 11 is 19.4. The lowest BCUT2D eigenvalue weighted by atomic mass is 10.2. The van der Waals surface area contributed by atoms with Gasteiger partial charge >= 0.3 is 0 Å². The van der Waals surface area contributed by atoms with E-state index >= 15 is 0 Å². The van der Waals surface area contributed by atoms with Gasteiger partial charge in [0.15, 0.2) is 0 Å². The summed E-state index contributed by atoms with van der Waals surface area (Å²) < 4.78 is 16.3. The molecule has 7 heteroatoms. The van der Waals surface area contributed by atoms with Gasteiger partial charge in [-0.15, -0.1) is 22.9 Å². The molecule has 0 spiro atoms. The summed E-state index contributed by atoms with van der Waals surface area (Å²) in [5.41, 5.74) is 1.30. The van der Waals surface area contributed by atoms with E-state index < -0.39 is 5.82 Å². The van der Waals surface area contributed by atoms with Gasteiger partial charge in [0.1, 0.15) is 11.6 Å². The Labute approximate surface area is 140 Å². The molecular formula is C14H10Cl3FN2S. The predicted octanol–water partition coefficient (Wildman–Crippen LogP) is 5.89. The second-order valence-corrected chi connectivity index (χ2v) is 7.03. The Kier molecular flexibility index (Phi) is 4.14. The minimum atomic E-state index is -0.484. The van der Waals surface area contributed by atoms with Crippen LogP contribution in [-0.2, 0) is 5.88 Å². The number of alkyl halides is 1. The second-order valence-electron chi connectivity index (χ2n) is 4.60. The molecule has 0 amide bonds. The van der Waals surface area contributed by atoms with Gasteiger partial charge in [0, 0.05) is 10.9 Å². The van der Waals surface area contributed by atoms with Crippen molar-refractivity contribution in [3.8, 4) is 0 Å². The molecule has 21 heavy (non-hydrogen) atoms. The molecule has 1 aromatic carbocycles. The summed E-state index contributed by atoms with van der Waals surface area (Å²) in [4.78, 5) is 5.47. The molecule has 1 unspecified atom stereocenters. The highest BCUT2D eigenvalue weighted by molar-refractivity contribution is 7.16. The molecule has 0 N–H and O–H groups in total. The van der Waals surface area contributed by atoms with Gasteiger partial charge in [-0.1, -0.05) is 23.2 Å². The highest BCUT2D eigenvalue weighted by Crippen LogP contribution is 2.34. The van der Waals surface area contributed by atoms with Crippen LogP contribution in [0, 0.1) is 5.82 Å². The molecule has 2 aromatic heterocycles. The zero-order chi connectivity index (χ0) is 15.1. The Balaban J connectivity index is 2.22. The number of fused-ring (bicyclic) bond motifs is 1. The summed E-state index contributed by atoms with van der Waals surface area (Å²) in [7, 11) is 0. The maximum Gasteiger partial charge on any atom is 0.144 e. The van der Waals surface area contributed by atoms with Gasteiger partial charge in [-0.3, -0.25) is 0 Å². The quantitative estimate of drug-likeness (QED) is 0.530. The summed E-state index contributed by atoms with van der Waals surface area (Å²) in [5.74, 6) is 0.421. The fourth-order valence-electron chi connectivity index (χ4n) is 2.35. The van der Waals surface area contributed by atoms with E-state index in [9.17, 15) is 4.39 Å². The molecule has 0 saturated heterocycles. The highest BCUT2D eigenvalue weighted by Gasteiger charge is 2.19. The first-order valence-electron chi connectivity index (χ1n) is 6.18. The Morgan fingerprint density at radius 3 is 2.71 bits per heavy atom. The molecule has 0 saturated carbocycles. The molecule has 3 rings (SSSR count). The first-order chi connectivity index (χ1) is 10.0. The maximum absolute atomic E-state index is 13.6. The molecule has 110 valence electrons. The molecule has 0 bridgehead atoms. The van der Waals surface area contributed by atoms with Gasteiger partial charge in [0.2, 0.25) is 0 Å². The van der Waals surface area contributed by atoms with Crippen molar-refractivity contribution in [2.75, 3.05) is 0 Å². The summed E-state index contributed by atoms with van der Waals surface area (Å²) in [6.45, 7) is 2.02. The number of rotatable bonds is 3. The highest BCUT2D eigenvalue weighted by atomic mass is 35.5. The minimum Gasteiger partial charge on any atom is -0.319 e. The van der Waals surface area contributed by atoms with E-state index in [4.69, 9.17) is 34.8 Å². The number of hydrogen-bond acceptors (Lipinski definition) is 2. The third-order valence-corrected chi connectivity index (χ3v) is 5.25. The average molecular weight is 364 g/mol. The average Bonchev–Trinajstić information content (AvgIpc) is 3.02. The Morgan fingerprint density at radius 2 is 2.10 bits per heavy atom. The molecule has 0 aliphatic heterocycles. The molecule has 0 aliphatic carbocycles. The third-order valence-electron chi connectivity index (χ3n) is 3.32. The standard InChI is InChI=1S/C14H10Cl3FN2S/c1-7(12-2-3-13(17)21-12)20-11-4-8(16)9(18)5-10(11)19-14(20)6-15/h2-5,7H,6H2,1H3. The topological polar surface area (TPSA) is 17.8 Å². The third kappa shape index (κ3) is 2.66. The van der Waals surface area contributed by atoms with Crippen LogP contribution in [0.2, 0.25) is 9.36 Å². The van der Waals surface area contributed by atoms with Gasteiger partial charge < -0.3 is 4.57 Å². The molecule has 3 aromatic rings. The first kappa shape index (κ1) is 15.1. The van der Waals surface area contributed by atoms with Crippen LogP contribution in [0.15, 0.2) is 24.3 Å². The van der Waals surface area contributed by atoms with Crippen LogP contribution in [0.5, 0.6) is 0 Å². The number of hydrogen-bond donors (Lipinski definition) is 0. The van der Waals surface area contributed by atoms with E-state index in [0.717, 1.165) is 14.7 Å². The molecule has 0 radical (unpaired) electrons. The molecule has 2 heterocycles. The van der Waals surface area contributed by atoms with Gasteiger partial charge in [-0.25, -0.2) is 9.37 Å². The number of halogens is 4. The van der Waals surface area contributed by atoms with Crippen molar-refractivity contribution in [1.82, 2.24) is 9.55 Å². The van der Waals surface area contributed by atoms with Gasteiger partial charge in [0.25, 0.3) is 0 Å². The fourth-order valence-corrected chi connectivity index (χ4v) is 3.80. The van der Waals surface area contributed by atoms with E-state index in [0.29, 0.717) is 11.3 Å². The lowest BCUT2D eigenvalue weighted by molar-refractivity contribution is 0.628. The summed E-state index contributed by atoms with van der Waals surface area (Å²) in [6.07, 6.45) is 0. The number of aromatic nitrogens is 2. The number of imidazole rings is 1. The van der Waals surface area contributed by atoms with E-state index in [1.54, 1.807) is 6.07 Å². The van der Waals surface area contributed by atoms with Crippen LogP contribution in [-0.4, -0.2) is 9.55 Å². The van der Waals surface area contributed by atoms with Gasteiger partial charge in [0.05, 0.1) is 32.3 Å². The number of thiophene rings is 1. The van der Waals surface area contributed by atoms with E-state index in [-0.39, 0.29) is 16.9 Å². The molecular weight excluding hydrogens is 354 g/mol. The van der Waals surface area contributed by atoms with E-state index in [1.165, 1.54) is 17.4 Å². The Bertz CT molecular complexity index is 812. The zero-order valence-corrected chi connectivity index (χ0v) is 14.0. The number of nitrogens with zero attached hydrogens (tertiary/aromatic N) is 2. The molecule has 2 nitrogen and oxygen atoms in total. The fraction of sp³-hybridized carbons (Fsp3) is 0.214. The number of benzene rings is 1.